The van der Waals surface area contributed by atoms with Gasteiger partial charge in [-0.2, -0.15) is 0 Å². The number of benzene rings is 8. The summed E-state index contributed by atoms with van der Waals surface area (Å²) in [4.78, 5) is 25.6. The minimum absolute atomic E-state index is 0.170. The zero-order valence-electron chi connectivity index (χ0n) is 31.8. The van der Waals surface area contributed by atoms with Gasteiger partial charge < -0.3 is 23.8 Å². The maximum absolute atomic E-state index is 12.3. The number of anilines is 3. The Balaban J connectivity index is 1.10. The first-order valence-corrected chi connectivity index (χ1v) is 19.0. The highest BCUT2D eigenvalue weighted by atomic mass is 16.7. The normalized spacial score (nSPS) is 11.5. The van der Waals surface area contributed by atoms with Gasteiger partial charge in [-0.3, -0.25) is 4.79 Å². The maximum Gasteiger partial charge on any atom is 0.513 e. The number of carbonyl (C=O) groups excluding carboxylic acids is 2. The molecule has 8 aromatic rings. The van der Waals surface area contributed by atoms with Crippen LogP contribution in [0.5, 0.6) is 11.5 Å². The first kappa shape index (κ1) is 36.8. The van der Waals surface area contributed by atoms with E-state index in [1.807, 2.05) is 42.5 Å². The van der Waals surface area contributed by atoms with Gasteiger partial charge in [0.25, 0.3) is 0 Å². The molecular weight excluding hydrogens is 711 g/mol. The van der Waals surface area contributed by atoms with Gasteiger partial charge in [0.1, 0.15) is 11.5 Å². The molecule has 0 atom stereocenters. The van der Waals surface area contributed by atoms with E-state index in [0.717, 1.165) is 45.1 Å². The monoisotopic (exact) mass is 751 g/mol. The molecule has 0 spiro atoms. The number of hydrogen-bond acceptors (Lipinski definition) is 7. The topological polar surface area (TPSA) is 74.3 Å². The first-order chi connectivity index (χ1) is 27.9. The Bertz CT molecular complexity index is 2650. The van der Waals surface area contributed by atoms with Crippen LogP contribution < -0.4 is 14.4 Å². The Morgan fingerprint density at radius 3 is 1.79 bits per heavy atom. The second-order valence-corrected chi connectivity index (χ2v) is 13.8. The van der Waals surface area contributed by atoms with E-state index in [1.165, 1.54) is 39.2 Å². The molecule has 0 amide bonds. The summed E-state index contributed by atoms with van der Waals surface area (Å²) in [5.74, 6) is 0.808. The molecule has 0 aliphatic heterocycles. The highest BCUT2D eigenvalue weighted by Gasteiger charge is 2.18. The number of esters is 1. The molecule has 8 aromatic carbocycles. The average Bonchev–Trinajstić information content (AvgIpc) is 3.25. The van der Waals surface area contributed by atoms with E-state index in [9.17, 15) is 9.59 Å². The molecule has 7 nitrogen and oxygen atoms in total. The third-order valence-corrected chi connectivity index (χ3v) is 10.1. The van der Waals surface area contributed by atoms with Gasteiger partial charge in [-0.1, -0.05) is 103 Å². The molecule has 0 heterocycles. The van der Waals surface area contributed by atoms with Crippen LogP contribution in [0.1, 0.15) is 36.5 Å². The van der Waals surface area contributed by atoms with Crippen molar-refractivity contribution >= 4 is 73.2 Å². The molecule has 57 heavy (non-hydrogen) atoms. The van der Waals surface area contributed by atoms with Crippen molar-refractivity contribution < 1.29 is 28.5 Å². The molecule has 0 radical (unpaired) electrons. The fraction of sp³-hybridized carbons (Fsp3) is 0.120. The van der Waals surface area contributed by atoms with Crippen LogP contribution in [0.25, 0.3) is 44.0 Å². The van der Waals surface area contributed by atoms with Crippen LogP contribution in [0, 0.1) is 0 Å². The van der Waals surface area contributed by atoms with Crippen molar-refractivity contribution in [3.8, 4) is 11.5 Å². The van der Waals surface area contributed by atoms with Gasteiger partial charge in [-0.25, -0.2) is 4.79 Å². The Labute approximate surface area is 331 Å². The van der Waals surface area contributed by atoms with Crippen LogP contribution in [-0.2, 0) is 14.3 Å². The van der Waals surface area contributed by atoms with Crippen molar-refractivity contribution in [2.75, 3.05) is 25.2 Å². The highest BCUT2D eigenvalue weighted by Crippen LogP contribution is 2.44. The Morgan fingerprint density at radius 1 is 0.561 bits per heavy atom. The number of para-hydroxylation sites is 1. The van der Waals surface area contributed by atoms with Crippen molar-refractivity contribution in [3.05, 3.63) is 174 Å². The summed E-state index contributed by atoms with van der Waals surface area (Å²) in [6.07, 6.45) is 2.53. The van der Waals surface area contributed by atoms with Crippen LogP contribution in [0.3, 0.4) is 0 Å². The number of methoxy groups -OCH3 is 1. The van der Waals surface area contributed by atoms with E-state index in [2.05, 4.69) is 114 Å². The standard InChI is InChI=1S/C50H41NO6/c1-34(52)55-31-6-7-32-56-50(53)57-44-27-19-37(20-28-44)46(36-17-25-43(54-2)26-18-36)33-35-13-23-42(24-14-35)51(41-11-4-3-5-12-41)47-30-22-40-16-15-38-9-8-10-39-21-29-45(47)49(40)48(38)39/h3-5,8-30,33H,6-7,31-32H2,1-2H3. The number of unbranched alkanes of at least 4 members (excludes halogenated alkanes) is 1. The van der Waals surface area contributed by atoms with Gasteiger partial charge in [0.2, 0.25) is 0 Å². The SMILES string of the molecule is COc1ccc(C(=Cc2ccc(N(c3ccccc3)c3ccc4ccc5cccc6ccc3c4c56)cc2)c2ccc(OC(=O)OCCCCOC(C)=O)cc2)cc1. The van der Waals surface area contributed by atoms with Crippen LogP contribution in [0.2, 0.25) is 0 Å². The van der Waals surface area contributed by atoms with E-state index < -0.39 is 6.16 Å². The van der Waals surface area contributed by atoms with E-state index in [4.69, 9.17) is 18.9 Å². The maximum atomic E-state index is 12.3. The van der Waals surface area contributed by atoms with Gasteiger partial charge in [-0.05, 0) is 123 Å². The van der Waals surface area contributed by atoms with E-state index >= 15 is 0 Å². The Hall–Kier alpha value is -7.12. The van der Waals surface area contributed by atoms with Crippen LogP contribution >= 0.6 is 0 Å². The third-order valence-electron chi connectivity index (χ3n) is 10.1. The molecule has 8 rings (SSSR count). The molecule has 7 heteroatoms. The van der Waals surface area contributed by atoms with Gasteiger partial charge >= 0.3 is 12.1 Å². The lowest BCUT2D eigenvalue weighted by Crippen LogP contribution is -2.12. The number of rotatable bonds is 13. The van der Waals surface area contributed by atoms with Crippen LogP contribution in [-0.4, -0.2) is 32.4 Å². The lowest BCUT2D eigenvalue weighted by atomic mass is 9.93. The summed E-state index contributed by atoms with van der Waals surface area (Å²) in [5, 5.41) is 7.46. The zero-order valence-corrected chi connectivity index (χ0v) is 31.8. The first-order valence-electron chi connectivity index (χ1n) is 19.0. The van der Waals surface area contributed by atoms with Gasteiger partial charge in [0, 0.05) is 23.7 Å². The number of hydrogen-bond donors (Lipinski definition) is 0. The summed E-state index contributed by atoms with van der Waals surface area (Å²) >= 11 is 0. The minimum Gasteiger partial charge on any atom is -0.497 e. The van der Waals surface area contributed by atoms with Crippen molar-refractivity contribution in [1.82, 2.24) is 0 Å². The Morgan fingerprint density at radius 2 is 1.14 bits per heavy atom. The predicted octanol–water partition coefficient (Wildman–Crippen LogP) is 12.5. The average molecular weight is 752 g/mol. The second-order valence-electron chi connectivity index (χ2n) is 13.8. The lowest BCUT2D eigenvalue weighted by molar-refractivity contribution is -0.141. The minimum atomic E-state index is -0.784. The summed E-state index contributed by atoms with van der Waals surface area (Å²) < 4.78 is 21.0. The lowest BCUT2D eigenvalue weighted by Gasteiger charge is -2.27. The summed E-state index contributed by atoms with van der Waals surface area (Å²) in [6, 6.07) is 54.3. The van der Waals surface area contributed by atoms with Crippen molar-refractivity contribution in [1.29, 1.82) is 0 Å². The van der Waals surface area contributed by atoms with Crippen molar-refractivity contribution in [2.24, 2.45) is 0 Å². The fourth-order valence-electron chi connectivity index (χ4n) is 7.31. The molecular formula is C50H41NO6. The predicted molar refractivity (Wildman–Crippen MR) is 229 cm³/mol. The summed E-state index contributed by atoms with van der Waals surface area (Å²) in [7, 11) is 1.65. The van der Waals surface area contributed by atoms with Crippen molar-refractivity contribution in [3.63, 3.8) is 0 Å². The van der Waals surface area contributed by atoms with E-state index in [1.54, 1.807) is 19.2 Å². The number of carbonyl (C=O) groups is 2. The highest BCUT2D eigenvalue weighted by molar-refractivity contribution is 6.25. The zero-order chi connectivity index (χ0) is 39.1. The van der Waals surface area contributed by atoms with Gasteiger partial charge in [-0.15, -0.1) is 0 Å². The fourth-order valence-corrected chi connectivity index (χ4v) is 7.31. The molecule has 0 bridgehead atoms. The third kappa shape index (κ3) is 8.14. The van der Waals surface area contributed by atoms with Crippen molar-refractivity contribution in [2.45, 2.75) is 19.8 Å². The molecule has 282 valence electrons. The molecule has 0 unspecified atom stereocenters. The summed E-state index contributed by atoms with van der Waals surface area (Å²) in [5.41, 5.74) is 7.16. The largest absolute Gasteiger partial charge is 0.513 e. The summed E-state index contributed by atoms with van der Waals surface area (Å²) in [6.45, 7) is 1.82. The molecule has 0 saturated heterocycles. The van der Waals surface area contributed by atoms with E-state index in [0.29, 0.717) is 18.6 Å². The molecule has 0 saturated carbocycles. The number of ether oxygens (including phenoxy) is 4. The second kappa shape index (κ2) is 16.7. The van der Waals surface area contributed by atoms with E-state index in [-0.39, 0.29) is 19.2 Å². The number of nitrogens with zero attached hydrogens (tertiary/aromatic N) is 1. The molecule has 0 aromatic heterocycles. The molecule has 0 aliphatic carbocycles. The molecule has 0 aliphatic rings. The molecule has 0 fully saturated rings. The van der Waals surface area contributed by atoms with Crippen LogP contribution in [0.4, 0.5) is 21.9 Å². The van der Waals surface area contributed by atoms with Gasteiger partial charge in [0.05, 0.1) is 26.0 Å². The van der Waals surface area contributed by atoms with Crippen LogP contribution in [0.15, 0.2) is 158 Å². The van der Waals surface area contributed by atoms with Gasteiger partial charge in [0.15, 0.2) is 0 Å². The smallest absolute Gasteiger partial charge is 0.497 e. The molecule has 0 N–H and O–H groups in total. The Kier molecular flexibility index (Phi) is 10.8. The quantitative estimate of drug-likeness (QED) is 0.0382.